The summed E-state index contributed by atoms with van der Waals surface area (Å²) in [5.74, 6) is -0.0559. The predicted molar refractivity (Wildman–Crippen MR) is 85.0 cm³/mol. The van der Waals surface area contributed by atoms with Crippen LogP contribution in [0.1, 0.15) is 24.3 Å². The van der Waals surface area contributed by atoms with E-state index in [0.29, 0.717) is 25.0 Å². The van der Waals surface area contributed by atoms with E-state index in [-0.39, 0.29) is 10.9 Å². The number of rotatable bonds is 5. The Hall–Kier alpha value is -0.830. The van der Waals surface area contributed by atoms with Crippen molar-refractivity contribution < 1.29 is 26.3 Å². The fourth-order valence-corrected chi connectivity index (χ4v) is 4.31. The van der Waals surface area contributed by atoms with Gasteiger partial charge in [0.1, 0.15) is 0 Å². The van der Waals surface area contributed by atoms with Crippen LogP contribution in [0.3, 0.4) is 0 Å². The summed E-state index contributed by atoms with van der Waals surface area (Å²) in [6.45, 7) is 2.94. The maximum Gasteiger partial charge on any atom is 0.501 e. The molecule has 0 aromatic heterocycles. The molecule has 4 nitrogen and oxygen atoms in total. The van der Waals surface area contributed by atoms with Gasteiger partial charge in [-0.15, -0.1) is 0 Å². The van der Waals surface area contributed by atoms with Gasteiger partial charge < -0.3 is 9.64 Å². The van der Waals surface area contributed by atoms with Crippen LogP contribution in [0.4, 0.5) is 13.2 Å². The molecule has 0 unspecified atom stereocenters. The third-order valence-corrected chi connectivity index (χ3v) is 6.29. The van der Waals surface area contributed by atoms with Gasteiger partial charge in [-0.25, -0.2) is 8.42 Å². The molecule has 1 heterocycles. The third kappa shape index (κ3) is 4.04. The van der Waals surface area contributed by atoms with Crippen molar-refractivity contribution in [2.24, 2.45) is 0 Å². The van der Waals surface area contributed by atoms with Crippen LogP contribution in [0.25, 0.3) is 0 Å². The van der Waals surface area contributed by atoms with Gasteiger partial charge in [0.2, 0.25) is 0 Å². The molecule has 1 fully saturated rings. The monoisotopic (exact) mass is 385 g/mol. The smallest absolute Gasteiger partial charge is 0.383 e. The van der Waals surface area contributed by atoms with Crippen LogP contribution in [-0.2, 0) is 14.6 Å². The third-order valence-electron chi connectivity index (χ3n) is 4.23. The number of ether oxygens (including phenoxy) is 1. The highest BCUT2D eigenvalue weighted by molar-refractivity contribution is 7.92. The lowest BCUT2D eigenvalue weighted by atomic mass is 9.89. The van der Waals surface area contributed by atoms with Gasteiger partial charge in [0.05, 0.1) is 16.5 Å². The molecular formula is C15H19ClF3NO3S. The first kappa shape index (κ1) is 19.5. The fraction of sp³-hybridized carbons (Fsp3) is 0.600. The maximum absolute atomic E-state index is 12.8. The molecule has 2 rings (SSSR count). The number of hydrogen-bond acceptors (Lipinski definition) is 4. The van der Waals surface area contributed by atoms with Crippen LogP contribution in [0.5, 0.6) is 0 Å². The highest BCUT2D eigenvalue weighted by Crippen LogP contribution is 2.40. The second-order valence-corrected chi connectivity index (χ2v) is 8.00. The molecular weight excluding hydrogens is 367 g/mol. The zero-order valence-corrected chi connectivity index (χ0v) is 14.7. The van der Waals surface area contributed by atoms with E-state index in [1.165, 1.54) is 6.07 Å². The van der Waals surface area contributed by atoms with Gasteiger partial charge in [0, 0.05) is 13.7 Å². The van der Waals surface area contributed by atoms with Crippen molar-refractivity contribution in [1.29, 1.82) is 0 Å². The Morgan fingerprint density at radius 1 is 1.29 bits per heavy atom. The summed E-state index contributed by atoms with van der Waals surface area (Å²) < 4.78 is 66.7. The number of halogens is 4. The maximum atomic E-state index is 12.8. The molecule has 9 heteroatoms. The van der Waals surface area contributed by atoms with Crippen LogP contribution in [0, 0.1) is 0 Å². The number of likely N-dealkylation sites (tertiary alicyclic amines) is 1. The van der Waals surface area contributed by atoms with E-state index in [9.17, 15) is 21.6 Å². The molecule has 0 spiro atoms. The molecule has 0 bridgehead atoms. The van der Waals surface area contributed by atoms with E-state index in [0.717, 1.165) is 25.7 Å². The summed E-state index contributed by atoms with van der Waals surface area (Å²) >= 11 is 6.04. The van der Waals surface area contributed by atoms with E-state index in [4.69, 9.17) is 16.3 Å². The Morgan fingerprint density at radius 2 is 1.92 bits per heavy atom. The number of sulfone groups is 1. The second kappa shape index (κ2) is 7.59. The van der Waals surface area contributed by atoms with Gasteiger partial charge >= 0.3 is 5.51 Å². The largest absolute Gasteiger partial charge is 0.501 e. The molecule has 24 heavy (non-hydrogen) atoms. The van der Waals surface area contributed by atoms with E-state index in [2.05, 4.69) is 4.90 Å². The van der Waals surface area contributed by atoms with Crippen molar-refractivity contribution in [1.82, 2.24) is 4.90 Å². The molecule has 1 aromatic carbocycles. The van der Waals surface area contributed by atoms with Crippen LogP contribution >= 0.6 is 11.6 Å². The summed E-state index contributed by atoms with van der Waals surface area (Å²) in [6.07, 6.45) is 1.41. The quantitative estimate of drug-likeness (QED) is 0.778. The van der Waals surface area contributed by atoms with Crippen molar-refractivity contribution in [3.05, 3.63) is 28.8 Å². The van der Waals surface area contributed by atoms with Gasteiger partial charge in [0.15, 0.2) is 0 Å². The fourth-order valence-electron chi connectivity index (χ4n) is 2.86. The van der Waals surface area contributed by atoms with Crippen molar-refractivity contribution in [3.8, 4) is 0 Å². The topological polar surface area (TPSA) is 46.6 Å². The molecule has 1 aromatic rings. The summed E-state index contributed by atoms with van der Waals surface area (Å²) in [7, 11) is -3.83. The predicted octanol–water partition coefficient (Wildman–Crippen LogP) is 3.46. The lowest BCUT2D eigenvalue weighted by Gasteiger charge is -2.32. The molecule has 1 saturated heterocycles. The Bertz CT molecular complexity index is 671. The molecule has 1 aliphatic rings. The molecule has 0 N–H and O–H groups in total. The highest BCUT2D eigenvalue weighted by Gasteiger charge is 2.48. The Labute approximate surface area is 144 Å². The Balaban J connectivity index is 2.21. The molecule has 0 saturated carbocycles. The molecule has 1 aliphatic heterocycles. The number of nitrogens with zero attached hydrogens (tertiary/aromatic N) is 1. The molecule has 0 aliphatic carbocycles. The number of alkyl halides is 3. The van der Waals surface area contributed by atoms with E-state index in [1.807, 2.05) is 0 Å². The van der Waals surface area contributed by atoms with Gasteiger partial charge in [-0.3, -0.25) is 0 Å². The summed E-state index contributed by atoms with van der Waals surface area (Å²) in [6, 6.07) is 3.83. The number of benzene rings is 1. The number of methoxy groups -OCH3 is 1. The molecule has 0 radical (unpaired) electrons. The minimum absolute atomic E-state index is 0.0559. The van der Waals surface area contributed by atoms with Crippen LogP contribution in [0.15, 0.2) is 23.1 Å². The highest BCUT2D eigenvalue weighted by atomic mass is 35.5. The summed E-state index contributed by atoms with van der Waals surface area (Å²) in [5, 5.41) is -0.315. The SMILES string of the molecule is COCCN1CCC(c2cccc(S(=O)(=O)C(F)(F)F)c2Cl)CC1. The number of piperidine rings is 1. The Morgan fingerprint density at radius 3 is 2.46 bits per heavy atom. The lowest BCUT2D eigenvalue weighted by Crippen LogP contribution is -2.35. The normalized spacial score (nSPS) is 18.0. The van der Waals surface area contributed by atoms with Crippen LogP contribution in [0.2, 0.25) is 5.02 Å². The van der Waals surface area contributed by atoms with Crippen molar-refractivity contribution in [2.75, 3.05) is 33.4 Å². The van der Waals surface area contributed by atoms with E-state index >= 15 is 0 Å². The minimum Gasteiger partial charge on any atom is -0.383 e. The van der Waals surface area contributed by atoms with Crippen molar-refractivity contribution in [3.63, 3.8) is 0 Å². The zero-order valence-electron chi connectivity index (χ0n) is 13.1. The average molecular weight is 386 g/mol. The van der Waals surface area contributed by atoms with Crippen LogP contribution < -0.4 is 0 Å². The minimum atomic E-state index is -5.45. The first-order valence-corrected chi connectivity index (χ1v) is 9.35. The molecule has 0 amide bonds. The zero-order chi connectivity index (χ0) is 18.0. The Kier molecular flexibility index (Phi) is 6.17. The standard InChI is InChI=1S/C15H19ClF3NO3S/c1-23-10-9-20-7-5-11(6-8-20)12-3-2-4-13(14(12)16)24(21,22)15(17,18)19/h2-4,11H,5-10H2,1H3. The molecule has 136 valence electrons. The molecule has 0 atom stereocenters. The van der Waals surface area contributed by atoms with Crippen molar-refractivity contribution >= 4 is 21.4 Å². The second-order valence-electron chi connectivity index (χ2n) is 5.72. The summed E-state index contributed by atoms with van der Waals surface area (Å²) in [5.41, 5.74) is -4.90. The lowest BCUT2D eigenvalue weighted by molar-refractivity contribution is -0.0436. The van der Waals surface area contributed by atoms with E-state index in [1.54, 1.807) is 13.2 Å². The number of hydrogen-bond donors (Lipinski definition) is 0. The van der Waals surface area contributed by atoms with E-state index < -0.39 is 20.2 Å². The van der Waals surface area contributed by atoms with Gasteiger partial charge in [-0.1, -0.05) is 23.7 Å². The van der Waals surface area contributed by atoms with Crippen molar-refractivity contribution in [2.45, 2.75) is 29.2 Å². The van der Waals surface area contributed by atoms with Gasteiger partial charge in [-0.2, -0.15) is 13.2 Å². The first-order chi connectivity index (χ1) is 11.2. The summed E-state index contributed by atoms with van der Waals surface area (Å²) in [4.78, 5) is 1.33. The van der Waals surface area contributed by atoms with Crippen LogP contribution in [-0.4, -0.2) is 52.2 Å². The first-order valence-electron chi connectivity index (χ1n) is 7.49. The van der Waals surface area contributed by atoms with Gasteiger partial charge in [-0.05, 0) is 43.5 Å². The average Bonchev–Trinajstić information content (AvgIpc) is 2.52. The van der Waals surface area contributed by atoms with Gasteiger partial charge in [0.25, 0.3) is 9.84 Å².